The Balaban J connectivity index is 1.57. The molecule has 2 aromatic heterocycles. The number of rotatable bonds is 6. The third kappa shape index (κ3) is 4.45. The second kappa shape index (κ2) is 8.35. The predicted octanol–water partition coefficient (Wildman–Crippen LogP) is 2.42. The van der Waals surface area contributed by atoms with E-state index in [4.69, 9.17) is 11.6 Å². The maximum absolute atomic E-state index is 12.5. The molecule has 0 fully saturated rings. The minimum absolute atomic E-state index is 0.0280. The van der Waals surface area contributed by atoms with E-state index >= 15 is 0 Å². The average Bonchev–Trinajstić information content (AvgIpc) is 3.11. The average molecular weight is 401 g/mol. The van der Waals surface area contributed by atoms with E-state index in [1.165, 1.54) is 11.2 Å². The number of amides is 2. The first kappa shape index (κ1) is 19.8. The lowest BCUT2D eigenvalue weighted by atomic mass is 10.1. The van der Waals surface area contributed by atoms with Crippen LogP contribution in [0, 0.1) is 13.8 Å². The molecule has 9 heteroatoms. The van der Waals surface area contributed by atoms with Gasteiger partial charge in [0, 0.05) is 35.6 Å². The van der Waals surface area contributed by atoms with Crippen LogP contribution in [-0.2, 0) is 16.0 Å². The van der Waals surface area contributed by atoms with Gasteiger partial charge in [-0.1, -0.05) is 11.6 Å². The summed E-state index contributed by atoms with van der Waals surface area (Å²) in [5, 5.41) is 7.49. The van der Waals surface area contributed by atoms with Gasteiger partial charge in [0.2, 0.25) is 11.8 Å². The number of anilines is 1. The molecule has 0 aliphatic rings. The molecule has 28 heavy (non-hydrogen) atoms. The number of nitrogens with one attached hydrogen (secondary N) is 1. The first-order chi connectivity index (χ1) is 13.3. The fraction of sp³-hybridized carbons (Fsp3) is 0.316. The first-order valence-corrected chi connectivity index (χ1v) is 9.18. The van der Waals surface area contributed by atoms with Gasteiger partial charge in [0.25, 0.3) is 5.78 Å². The van der Waals surface area contributed by atoms with Crippen molar-refractivity contribution >= 4 is 34.9 Å². The SMILES string of the molecule is Cc1nc2ncnn2c(C)c1CCC(=O)N(C)CC(=O)Nc1ccc(Cl)cc1. The molecule has 0 unspecified atom stereocenters. The fourth-order valence-corrected chi connectivity index (χ4v) is 3.10. The molecule has 0 spiro atoms. The lowest BCUT2D eigenvalue weighted by molar-refractivity contribution is -0.133. The number of hydrogen-bond donors (Lipinski definition) is 1. The molecule has 0 radical (unpaired) electrons. The van der Waals surface area contributed by atoms with E-state index in [0.29, 0.717) is 22.9 Å². The third-order valence-corrected chi connectivity index (χ3v) is 4.76. The molecule has 0 aliphatic heterocycles. The fourth-order valence-electron chi connectivity index (χ4n) is 2.98. The Hall–Kier alpha value is -3.00. The van der Waals surface area contributed by atoms with Crippen LogP contribution in [0.1, 0.15) is 23.4 Å². The molecule has 146 valence electrons. The van der Waals surface area contributed by atoms with Gasteiger partial charge >= 0.3 is 0 Å². The summed E-state index contributed by atoms with van der Waals surface area (Å²) in [7, 11) is 1.61. The minimum Gasteiger partial charge on any atom is -0.336 e. The zero-order valence-corrected chi connectivity index (χ0v) is 16.7. The van der Waals surface area contributed by atoms with E-state index in [0.717, 1.165) is 17.0 Å². The molecule has 0 bridgehead atoms. The molecule has 3 rings (SSSR count). The summed E-state index contributed by atoms with van der Waals surface area (Å²) in [4.78, 5) is 34.5. The van der Waals surface area contributed by atoms with Crippen LogP contribution in [0.25, 0.3) is 5.78 Å². The summed E-state index contributed by atoms with van der Waals surface area (Å²) in [6.45, 7) is 3.80. The lowest BCUT2D eigenvalue weighted by Gasteiger charge is -2.17. The zero-order valence-electron chi connectivity index (χ0n) is 15.9. The smallest absolute Gasteiger partial charge is 0.252 e. The molecule has 0 atom stereocenters. The van der Waals surface area contributed by atoms with E-state index in [-0.39, 0.29) is 24.8 Å². The molecule has 8 nitrogen and oxygen atoms in total. The Morgan fingerprint density at radius 2 is 1.93 bits per heavy atom. The molecular weight excluding hydrogens is 380 g/mol. The topological polar surface area (TPSA) is 92.5 Å². The largest absolute Gasteiger partial charge is 0.336 e. The standard InChI is InChI=1S/C19H21ClN6O2/c1-12-16(13(2)26-19(23-12)21-11-22-26)8-9-18(28)25(3)10-17(27)24-15-6-4-14(20)5-7-15/h4-7,11H,8-10H2,1-3H3,(H,24,27). The molecule has 0 saturated heterocycles. The second-order valence-electron chi connectivity index (χ2n) is 6.54. The van der Waals surface area contributed by atoms with Gasteiger partial charge in [-0.05, 0) is 50.1 Å². The van der Waals surface area contributed by atoms with E-state index < -0.39 is 0 Å². The molecule has 0 aliphatic carbocycles. The van der Waals surface area contributed by atoms with Crippen molar-refractivity contribution in [3.05, 3.63) is 52.6 Å². The molecule has 2 amide bonds. The van der Waals surface area contributed by atoms with Crippen molar-refractivity contribution < 1.29 is 9.59 Å². The minimum atomic E-state index is -0.267. The zero-order chi connectivity index (χ0) is 20.3. The number of aromatic nitrogens is 4. The van der Waals surface area contributed by atoms with Gasteiger partial charge < -0.3 is 10.2 Å². The van der Waals surface area contributed by atoms with Crippen molar-refractivity contribution in [2.45, 2.75) is 26.7 Å². The quantitative estimate of drug-likeness (QED) is 0.686. The van der Waals surface area contributed by atoms with E-state index in [9.17, 15) is 9.59 Å². The number of fused-ring (bicyclic) bond motifs is 1. The van der Waals surface area contributed by atoms with Gasteiger partial charge in [-0.3, -0.25) is 9.59 Å². The second-order valence-corrected chi connectivity index (χ2v) is 6.97. The van der Waals surface area contributed by atoms with Crippen LogP contribution in [-0.4, -0.2) is 49.9 Å². The van der Waals surface area contributed by atoms with Crippen molar-refractivity contribution in [2.24, 2.45) is 0 Å². The number of hydrogen-bond acceptors (Lipinski definition) is 5. The number of aryl methyl sites for hydroxylation is 2. The third-order valence-electron chi connectivity index (χ3n) is 4.51. The first-order valence-electron chi connectivity index (χ1n) is 8.80. The van der Waals surface area contributed by atoms with Crippen molar-refractivity contribution in [2.75, 3.05) is 18.9 Å². The molecule has 1 aromatic carbocycles. The Bertz CT molecular complexity index is 1020. The number of likely N-dealkylation sites (N-methyl/N-ethyl adjacent to an activating group) is 1. The van der Waals surface area contributed by atoms with Gasteiger partial charge in [-0.2, -0.15) is 10.1 Å². The van der Waals surface area contributed by atoms with Gasteiger partial charge in [-0.15, -0.1) is 0 Å². The van der Waals surface area contributed by atoms with Crippen LogP contribution in [0.5, 0.6) is 0 Å². The predicted molar refractivity (Wildman–Crippen MR) is 106 cm³/mol. The number of carbonyl (C=O) groups is 2. The highest BCUT2D eigenvalue weighted by molar-refractivity contribution is 6.30. The number of benzene rings is 1. The Morgan fingerprint density at radius 1 is 1.21 bits per heavy atom. The number of nitrogens with zero attached hydrogens (tertiary/aromatic N) is 5. The highest BCUT2D eigenvalue weighted by atomic mass is 35.5. The van der Waals surface area contributed by atoms with Crippen LogP contribution in [0.3, 0.4) is 0 Å². The maximum atomic E-state index is 12.5. The van der Waals surface area contributed by atoms with Crippen molar-refractivity contribution in [1.82, 2.24) is 24.5 Å². The number of halogens is 1. The van der Waals surface area contributed by atoms with E-state index in [1.54, 1.807) is 35.8 Å². The van der Waals surface area contributed by atoms with Crippen LogP contribution in [0.2, 0.25) is 5.02 Å². The van der Waals surface area contributed by atoms with Crippen molar-refractivity contribution in [3.63, 3.8) is 0 Å². The summed E-state index contributed by atoms with van der Waals surface area (Å²) in [5.41, 5.74) is 3.34. The van der Waals surface area contributed by atoms with Crippen molar-refractivity contribution in [1.29, 1.82) is 0 Å². The summed E-state index contributed by atoms with van der Waals surface area (Å²) in [6, 6.07) is 6.80. The van der Waals surface area contributed by atoms with Crippen LogP contribution >= 0.6 is 11.6 Å². The Kier molecular flexibility index (Phi) is 5.89. The highest BCUT2D eigenvalue weighted by Gasteiger charge is 2.16. The van der Waals surface area contributed by atoms with E-state index in [2.05, 4.69) is 20.4 Å². The summed E-state index contributed by atoms with van der Waals surface area (Å²) in [6.07, 6.45) is 2.24. The van der Waals surface area contributed by atoms with Gasteiger partial charge in [0.1, 0.15) is 6.33 Å². The summed E-state index contributed by atoms with van der Waals surface area (Å²) in [5.74, 6) is 0.154. The Morgan fingerprint density at radius 3 is 2.64 bits per heavy atom. The molecule has 0 saturated carbocycles. The van der Waals surface area contributed by atoms with Gasteiger partial charge in [0.15, 0.2) is 0 Å². The van der Waals surface area contributed by atoms with Crippen LogP contribution < -0.4 is 5.32 Å². The van der Waals surface area contributed by atoms with Crippen LogP contribution in [0.15, 0.2) is 30.6 Å². The monoisotopic (exact) mass is 400 g/mol. The van der Waals surface area contributed by atoms with Crippen LogP contribution in [0.4, 0.5) is 5.69 Å². The summed E-state index contributed by atoms with van der Waals surface area (Å²) < 4.78 is 1.66. The van der Waals surface area contributed by atoms with Gasteiger partial charge in [-0.25, -0.2) is 9.50 Å². The van der Waals surface area contributed by atoms with Crippen molar-refractivity contribution in [3.8, 4) is 0 Å². The molecular formula is C19H21ClN6O2. The maximum Gasteiger partial charge on any atom is 0.252 e. The lowest BCUT2D eigenvalue weighted by Crippen LogP contribution is -2.35. The van der Waals surface area contributed by atoms with E-state index in [1.807, 2.05) is 13.8 Å². The molecule has 1 N–H and O–H groups in total. The normalized spacial score (nSPS) is 10.9. The molecule has 2 heterocycles. The summed E-state index contributed by atoms with van der Waals surface area (Å²) >= 11 is 5.83. The number of carbonyl (C=O) groups excluding carboxylic acids is 2. The highest BCUT2D eigenvalue weighted by Crippen LogP contribution is 2.16. The van der Waals surface area contributed by atoms with Gasteiger partial charge in [0.05, 0.1) is 6.54 Å². The molecule has 3 aromatic rings. The Labute approximate surface area is 167 Å².